The van der Waals surface area contributed by atoms with Crippen LogP contribution in [0, 0.1) is 0 Å². The summed E-state index contributed by atoms with van der Waals surface area (Å²) >= 11 is 0. The van der Waals surface area contributed by atoms with E-state index in [-0.39, 0.29) is 0 Å². The van der Waals surface area contributed by atoms with Gasteiger partial charge >= 0.3 is 0 Å². The lowest BCUT2D eigenvalue weighted by atomic mass is 9.92. The molecule has 9 aromatic carbocycles. The van der Waals surface area contributed by atoms with E-state index in [2.05, 4.69) is 181 Å². The van der Waals surface area contributed by atoms with Crippen LogP contribution in [0.3, 0.4) is 0 Å². The first kappa shape index (κ1) is 30.9. The van der Waals surface area contributed by atoms with E-state index in [4.69, 9.17) is 5.73 Å². The number of hydrogen-bond acceptors (Lipinski definition) is 1. The number of nitrogens with zero attached hydrogens (tertiary/aromatic N) is 1. The fourth-order valence-corrected chi connectivity index (χ4v) is 8.34. The number of allylic oxidation sites excluding steroid dienone is 3. The van der Waals surface area contributed by atoms with Gasteiger partial charge in [0.05, 0.1) is 11.0 Å². The number of benzene rings is 9. The van der Waals surface area contributed by atoms with Gasteiger partial charge in [-0.1, -0.05) is 152 Å². The Hall–Kier alpha value is -6.90. The second-order valence-electron chi connectivity index (χ2n) is 13.9. The molecule has 0 unspecified atom stereocenters. The molecule has 1 aromatic heterocycles. The van der Waals surface area contributed by atoms with Crippen LogP contribution >= 0.6 is 0 Å². The normalized spacial score (nSPS) is 12.4. The van der Waals surface area contributed by atoms with Gasteiger partial charge in [0.25, 0.3) is 0 Å². The second-order valence-corrected chi connectivity index (χ2v) is 13.9. The van der Waals surface area contributed by atoms with Crippen molar-refractivity contribution >= 4 is 70.5 Å². The molecule has 0 radical (unpaired) electrons. The molecular formula is C51H36N2. The number of aromatic nitrogens is 1. The van der Waals surface area contributed by atoms with Gasteiger partial charge in [0.1, 0.15) is 0 Å². The monoisotopic (exact) mass is 676 g/mol. The Balaban J connectivity index is 1.13. The van der Waals surface area contributed by atoms with Crippen LogP contribution in [0.1, 0.15) is 12.5 Å². The predicted octanol–water partition coefficient (Wildman–Crippen LogP) is 13.6. The van der Waals surface area contributed by atoms with E-state index in [0.717, 1.165) is 22.3 Å². The van der Waals surface area contributed by atoms with Gasteiger partial charge in [-0.3, -0.25) is 0 Å². The van der Waals surface area contributed by atoms with Gasteiger partial charge in [-0.05, 0) is 108 Å². The summed E-state index contributed by atoms with van der Waals surface area (Å²) in [4.78, 5) is 0. The molecule has 0 bridgehead atoms. The van der Waals surface area contributed by atoms with Gasteiger partial charge in [0.2, 0.25) is 0 Å². The van der Waals surface area contributed by atoms with Gasteiger partial charge in [-0.15, -0.1) is 0 Å². The largest absolute Gasteiger partial charge is 0.404 e. The Labute approximate surface area is 308 Å². The van der Waals surface area contributed by atoms with Crippen molar-refractivity contribution in [1.29, 1.82) is 0 Å². The maximum Gasteiger partial charge on any atom is 0.0619 e. The molecule has 0 amide bonds. The molecule has 1 heterocycles. The summed E-state index contributed by atoms with van der Waals surface area (Å²) in [5.74, 6) is 0. The minimum atomic E-state index is 0.999. The van der Waals surface area contributed by atoms with Crippen molar-refractivity contribution in [2.45, 2.75) is 6.92 Å². The molecule has 0 aliphatic rings. The highest BCUT2D eigenvalue weighted by molar-refractivity contribution is 6.19. The molecule has 0 saturated heterocycles. The molecular weight excluding hydrogens is 641 g/mol. The zero-order valence-electron chi connectivity index (χ0n) is 29.4. The summed E-state index contributed by atoms with van der Waals surface area (Å²) in [5.41, 5.74) is 16.6. The molecule has 0 saturated carbocycles. The minimum Gasteiger partial charge on any atom is -0.404 e. The minimum absolute atomic E-state index is 0.999. The summed E-state index contributed by atoms with van der Waals surface area (Å²) in [6.45, 7) is 2.02. The molecule has 250 valence electrons. The van der Waals surface area contributed by atoms with Crippen molar-refractivity contribution in [2.75, 3.05) is 0 Å². The maximum atomic E-state index is 6.12. The summed E-state index contributed by atoms with van der Waals surface area (Å²) < 4.78 is 2.44. The molecule has 0 aliphatic heterocycles. The Bertz CT molecular complexity index is 3120. The van der Waals surface area contributed by atoms with E-state index in [1.165, 1.54) is 81.6 Å². The quantitative estimate of drug-likeness (QED) is 0.143. The van der Waals surface area contributed by atoms with E-state index >= 15 is 0 Å². The lowest BCUT2D eigenvalue weighted by Crippen LogP contribution is -1.96. The van der Waals surface area contributed by atoms with Crippen molar-refractivity contribution in [3.63, 3.8) is 0 Å². The molecule has 2 N–H and O–H groups in total. The Morgan fingerprint density at radius 3 is 1.92 bits per heavy atom. The van der Waals surface area contributed by atoms with Crippen LogP contribution in [0.4, 0.5) is 0 Å². The smallest absolute Gasteiger partial charge is 0.0619 e. The zero-order valence-corrected chi connectivity index (χ0v) is 29.4. The van der Waals surface area contributed by atoms with E-state index in [0.29, 0.717) is 0 Å². The maximum absolute atomic E-state index is 6.12. The first-order valence-corrected chi connectivity index (χ1v) is 18.2. The molecule has 10 aromatic rings. The third-order valence-electron chi connectivity index (χ3n) is 10.9. The second kappa shape index (κ2) is 12.4. The molecule has 0 spiro atoms. The van der Waals surface area contributed by atoms with E-state index in [1.54, 1.807) is 6.20 Å². The predicted molar refractivity (Wildman–Crippen MR) is 229 cm³/mol. The third kappa shape index (κ3) is 5.03. The Kier molecular flexibility index (Phi) is 7.23. The lowest BCUT2D eigenvalue weighted by Gasteiger charge is -2.13. The summed E-state index contributed by atoms with van der Waals surface area (Å²) in [7, 11) is 0. The molecule has 53 heavy (non-hydrogen) atoms. The van der Waals surface area contributed by atoms with Crippen LogP contribution in [-0.2, 0) is 0 Å². The van der Waals surface area contributed by atoms with Crippen molar-refractivity contribution in [3.05, 3.63) is 194 Å². The third-order valence-corrected chi connectivity index (χ3v) is 10.9. The average Bonchev–Trinajstić information content (AvgIpc) is 3.56. The van der Waals surface area contributed by atoms with Crippen LogP contribution in [0.2, 0.25) is 0 Å². The van der Waals surface area contributed by atoms with Gasteiger partial charge in [-0.2, -0.15) is 0 Å². The van der Waals surface area contributed by atoms with Crippen LogP contribution < -0.4 is 5.73 Å². The van der Waals surface area contributed by atoms with E-state index in [1.807, 2.05) is 13.0 Å². The first-order chi connectivity index (χ1) is 26.2. The number of fused-ring (bicyclic) bond motifs is 9. The topological polar surface area (TPSA) is 30.9 Å². The van der Waals surface area contributed by atoms with Crippen molar-refractivity contribution < 1.29 is 0 Å². The number of nitrogens with two attached hydrogens (primary N) is 1. The average molecular weight is 677 g/mol. The van der Waals surface area contributed by atoms with Gasteiger partial charge < -0.3 is 10.3 Å². The van der Waals surface area contributed by atoms with Crippen LogP contribution in [0.25, 0.3) is 98.4 Å². The van der Waals surface area contributed by atoms with Gasteiger partial charge in [-0.25, -0.2) is 0 Å². The molecule has 0 atom stereocenters. The highest BCUT2D eigenvalue weighted by Crippen LogP contribution is 2.40. The SMILES string of the molecule is C/C=C\C(=C/N)c1ccc2c3ccc4cc(-c5ccc(-c6cc7ccccc7c7ccccc67)cc5)ccc4c3n(-c3ccc4ccccc4c3)c2c1. The van der Waals surface area contributed by atoms with Crippen molar-refractivity contribution in [2.24, 2.45) is 5.73 Å². The number of hydrogen-bond donors (Lipinski definition) is 1. The molecule has 10 rings (SSSR count). The summed E-state index contributed by atoms with van der Waals surface area (Å²) in [6.07, 6.45) is 5.79. The highest BCUT2D eigenvalue weighted by atomic mass is 15.0. The van der Waals surface area contributed by atoms with E-state index in [9.17, 15) is 0 Å². The van der Waals surface area contributed by atoms with Crippen LogP contribution in [-0.4, -0.2) is 4.57 Å². The molecule has 2 nitrogen and oxygen atoms in total. The Morgan fingerprint density at radius 2 is 1.11 bits per heavy atom. The lowest BCUT2D eigenvalue weighted by molar-refractivity contribution is 1.19. The fraction of sp³-hybridized carbons (Fsp3) is 0.0196. The standard InChI is InChI=1S/C51H36N2/c1-2-9-41(32-52)38-22-26-47-48-27-23-40-28-37(21-25-44(40)51(48)53(50(47)31-38)42-24-20-33-10-3-4-11-36(33)29-42)34-16-18-35(19-17-34)49-30-39-12-5-6-13-43(39)45-14-7-8-15-46(45)49/h2-32H,52H2,1H3/b9-2-,41-32+. The molecule has 0 aliphatic carbocycles. The van der Waals surface area contributed by atoms with Crippen molar-refractivity contribution in [1.82, 2.24) is 4.57 Å². The summed E-state index contributed by atoms with van der Waals surface area (Å²) in [6, 6.07) is 62.4. The van der Waals surface area contributed by atoms with E-state index < -0.39 is 0 Å². The van der Waals surface area contributed by atoms with Crippen molar-refractivity contribution in [3.8, 4) is 27.9 Å². The van der Waals surface area contributed by atoms with Crippen LogP contribution in [0.5, 0.6) is 0 Å². The van der Waals surface area contributed by atoms with Crippen LogP contribution in [0.15, 0.2) is 188 Å². The summed E-state index contributed by atoms with van der Waals surface area (Å²) in [5, 5.41) is 12.4. The number of rotatable bonds is 5. The highest BCUT2D eigenvalue weighted by Gasteiger charge is 2.17. The Morgan fingerprint density at radius 1 is 0.472 bits per heavy atom. The fourth-order valence-electron chi connectivity index (χ4n) is 8.34. The molecule has 2 heteroatoms. The zero-order chi connectivity index (χ0) is 35.5. The van der Waals surface area contributed by atoms with Gasteiger partial charge in [0.15, 0.2) is 0 Å². The van der Waals surface area contributed by atoms with Gasteiger partial charge in [0, 0.05) is 28.0 Å². The first-order valence-electron chi connectivity index (χ1n) is 18.2. The molecule has 0 fully saturated rings.